The Hall–Kier alpha value is -2.04. The number of hydrogen-bond acceptors (Lipinski definition) is 4. The summed E-state index contributed by atoms with van der Waals surface area (Å²) in [5, 5.41) is 11.9. The van der Waals surface area contributed by atoms with Crippen LogP contribution in [0.3, 0.4) is 0 Å². The molecule has 2 aromatic carbocycles. The van der Waals surface area contributed by atoms with Gasteiger partial charge >= 0.3 is 0 Å². The number of unbranched alkanes of at least 4 members (excludes halogenated alkanes) is 1. The fraction of sp³-hybridized carbons (Fsp3) is 0.556. The highest BCUT2D eigenvalue weighted by Gasteiger charge is 2.38. The third-order valence-electron chi connectivity index (χ3n) is 6.50. The van der Waals surface area contributed by atoms with Gasteiger partial charge in [0.1, 0.15) is 18.6 Å². The molecule has 0 saturated heterocycles. The lowest BCUT2D eigenvalue weighted by molar-refractivity contribution is 0.0326. The molecule has 1 N–H and O–H groups in total. The highest BCUT2D eigenvalue weighted by Crippen LogP contribution is 2.41. The van der Waals surface area contributed by atoms with Gasteiger partial charge in [-0.15, -0.1) is 0 Å². The molecule has 3 unspecified atom stereocenters. The van der Waals surface area contributed by atoms with Gasteiger partial charge in [0.2, 0.25) is 0 Å². The summed E-state index contributed by atoms with van der Waals surface area (Å²) < 4.78 is 6.12. The van der Waals surface area contributed by atoms with Gasteiger partial charge in [0.25, 0.3) is 0 Å². The van der Waals surface area contributed by atoms with E-state index in [1.54, 1.807) is 0 Å². The Balaban J connectivity index is 1.91. The molecule has 4 heteroatoms. The third-order valence-corrected chi connectivity index (χ3v) is 6.50. The van der Waals surface area contributed by atoms with Gasteiger partial charge in [-0.1, -0.05) is 89.4 Å². The molecule has 170 valence electrons. The van der Waals surface area contributed by atoms with Crippen LogP contribution in [-0.4, -0.2) is 42.0 Å². The first-order valence-corrected chi connectivity index (χ1v) is 12.0. The van der Waals surface area contributed by atoms with Gasteiger partial charge < -0.3 is 14.7 Å². The van der Waals surface area contributed by atoms with E-state index >= 15 is 0 Å². The summed E-state index contributed by atoms with van der Waals surface area (Å²) >= 11 is 0. The molecular formula is C27H40N2O2. The van der Waals surface area contributed by atoms with Gasteiger partial charge in [0.15, 0.2) is 0 Å². The number of likely N-dealkylation sites (N-methyl/N-ethyl adjacent to an activating group) is 1. The van der Waals surface area contributed by atoms with Crippen molar-refractivity contribution in [2.24, 2.45) is 5.92 Å². The molecule has 31 heavy (non-hydrogen) atoms. The van der Waals surface area contributed by atoms with Crippen molar-refractivity contribution < 1.29 is 9.84 Å². The zero-order chi connectivity index (χ0) is 22.2. The lowest BCUT2D eigenvalue weighted by atomic mass is 9.97. The van der Waals surface area contributed by atoms with E-state index < -0.39 is 6.23 Å². The highest BCUT2D eigenvalue weighted by atomic mass is 16.5. The molecule has 0 spiro atoms. The molecule has 1 aliphatic heterocycles. The second-order valence-electron chi connectivity index (χ2n) is 8.99. The number of para-hydroxylation sites is 2. The van der Waals surface area contributed by atoms with Gasteiger partial charge in [-0.05, 0) is 43.1 Å². The Labute approximate surface area is 188 Å². The molecule has 0 amide bonds. The molecule has 0 saturated carbocycles. The van der Waals surface area contributed by atoms with E-state index in [0.29, 0.717) is 6.61 Å². The van der Waals surface area contributed by atoms with Gasteiger partial charge in [-0.2, -0.15) is 0 Å². The number of benzene rings is 2. The van der Waals surface area contributed by atoms with Crippen molar-refractivity contribution in [1.82, 2.24) is 4.90 Å². The molecule has 0 aliphatic carbocycles. The lowest BCUT2D eigenvalue weighted by Gasteiger charge is -2.46. The monoisotopic (exact) mass is 424 g/mol. The zero-order valence-electron chi connectivity index (χ0n) is 19.7. The van der Waals surface area contributed by atoms with Crippen LogP contribution in [0, 0.1) is 5.92 Å². The smallest absolute Gasteiger partial charge is 0.143 e. The van der Waals surface area contributed by atoms with Crippen LogP contribution >= 0.6 is 0 Å². The van der Waals surface area contributed by atoms with E-state index in [0.717, 1.165) is 43.3 Å². The lowest BCUT2D eigenvalue weighted by Crippen LogP contribution is -2.55. The Kier molecular flexibility index (Phi) is 8.79. The van der Waals surface area contributed by atoms with Crippen LogP contribution in [0.2, 0.25) is 0 Å². The van der Waals surface area contributed by atoms with Crippen LogP contribution in [-0.2, 0) is 0 Å². The Morgan fingerprint density at radius 2 is 1.61 bits per heavy atom. The fourth-order valence-corrected chi connectivity index (χ4v) is 4.77. The average Bonchev–Trinajstić information content (AvgIpc) is 2.80. The van der Waals surface area contributed by atoms with E-state index in [1.165, 1.54) is 18.4 Å². The maximum absolute atomic E-state index is 11.9. The van der Waals surface area contributed by atoms with Crippen molar-refractivity contribution in [1.29, 1.82) is 0 Å². The Bertz CT molecular complexity index is 776. The summed E-state index contributed by atoms with van der Waals surface area (Å²) in [6.45, 7) is 11.4. The second-order valence-corrected chi connectivity index (χ2v) is 8.99. The number of hydrogen-bond donors (Lipinski definition) is 1. The van der Waals surface area contributed by atoms with E-state index in [1.807, 2.05) is 24.3 Å². The van der Waals surface area contributed by atoms with E-state index in [-0.39, 0.29) is 12.1 Å². The predicted octanol–water partition coefficient (Wildman–Crippen LogP) is 5.87. The van der Waals surface area contributed by atoms with Crippen molar-refractivity contribution in [3.05, 3.63) is 60.2 Å². The van der Waals surface area contributed by atoms with Crippen molar-refractivity contribution in [3.63, 3.8) is 0 Å². The molecule has 3 rings (SSSR count). The first-order chi connectivity index (χ1) is 15.1. The number of anilines is 1. The predicted molar refractivity (Wildman–Crippen MR) is 130 cm³/mol. The number of aliphatic hydroxyl groups is 1. The van der Waals surface area contributed by atoms with Crippen LogP contribution < -0.4 is 9.64 Å². The number of aliphatic hydroxyl groups excluding tert-OH is 1. The summed E-state index contributed by atoms with van der Waals surface area (Å²) in [6, 6.07) is 18.6. The molecule has 0 bridgehead atoms. The molecule has 4 nitrogen and oxygen atoms in total. The topological polar surface area (TPSA) is 35.9 Å². The van der Waals surface area contributed by atoms with E-state index in [4.69, 9.17) is 4.74 Å². The minimum Gasteiger partial charge on any atom is -0.489 e. The molecule has 1 heterocycles. The van der Waals surface area contributed by atoms with E-state index in [9.17, 15) is 5.11 Å². The summed E-state index contributed by atoms with van der Waals surface area (Å²) in [4.78, 5) is 4.62. The first-order valence-electron chi connectivity index (χ1n) is 12.0. The standard InChI is InChI=1S/C27H40N2O2/c1-5-28(6-2)24(18-11-10-14-21(3)4)27(30)29-23-17-12-13-19-26(23)31-20-25(29)22-15-8-7-9-16-22/h7-9,12-13,15-17,19,21,24-25,27,30H,5-6,10-11,14,18,20H2,1-4H3. The van der Waals surface area contributed by atoms with Crippen molar-refractivity contribution in [2.75, 3.05) is 24.6 Å². The molecule has 2 aromatic rings. The van der Waals surface area contributed by atoms with Gasteiger partial charge in [0, 0.05) is 0 Å². The van der Waals surface area contributed by atoms with Gasteiger partial charge in [-0.25, -0.2) is 0 Å². The quantitative estimate of drug-likeness (QED) is 0.458. The normalized spacial score (nSPS) is 18.0. The second kappa shape index (κ2) is 11.5. The Morgan fingerprint density at radius 1 is 0.968 bits per heavy atom. The largest absolute Gasteiger partial charge is 0.489 e. The zero-order valence-corrected chi connectivity index (χ0v) is 19.7. The van der Waals surface area contributed by atoms with Crippen LogP contribution in [0.5, 0.6) is 5.75 Å². The molecule has 3 atom stereocenters. The highest BCUT2D eigenvalue weighted by molar-refractivity contribution is 5.62. The molecule has 1 aliphatic rings. The number of fused-ring (bicyclic) bond motifs is 1. The van der Waals surface area contributed by atoms with Gasteiger partial charge in [-0.3, -0.25) is 4.90 Å². The molecule has 0 radical (unpaired) electrons. The number of ether oxygens (including phenoxy) is 1. The average molecular weight is 425 g/mol. The molecule has 0 fully saturated rings. The van der Waals surface area contributed by atoms with Crippen molar-refractivity contribution in [3.8, 4) is 5.75 Å². The molecule has 0 aromatic heterocycles. The maximum Gasteiger partial charge on any atom is 0.143 e. The third kappa shape index (κ3) is 5.81. The van der Waals surface area contributed by atoms with Crippen molar-refractivity contribution in [2.45, 2.75) is 71.7 Å². The SMILES string of the molecule is CCN(CC)C(CCCCC(C)C)C(O)N1c2ccccc2OCC1c1ccccc1. The maximum atomic E-state index is 11.9. The first kappa shape index (κ1) is 23.6. The number of rotatable bonds is 11. The summed E-state index contributed by atoms with van der Waals surface area (Å²) in [5.74, 6) is 1.58. The van der Waals surface area contributed by atoms with Crippen LogP contribution in [0.25, 0.3) is 0 Å². The van der Waals surface area contributed by atoms with E-state index in [2.05, 4.69) is 67.8 Å². The number of nitrogens with zero attached hydrogens (tertiary/aromatic N) is 2. The van der Waals surface area contributed by atoms with Crippen LogP contribution in [0.4, 0.5) is 5.69 Å². The Morgan fingerprint density at radius 3 is 2.29 bits per heavy atom. The minimum absolute atomic E-state index is 0.0140. The fourth-order valence-electron chi connectivity index (χ4n) is 4.77. The minimum atomic E-state index is -0.603. The summed E-state index contributed by atoms with van der Waals surface area (Å²) in [7, 11) is 0. The van der Waals surface area contributed by atoms with Crippen LogP contribution in [0.15, 0.2) is 54.6 Å². The van der Waals surface area contributed by atoms with Gasteiger partial charge in [0.05, 0.1) is 17.8 Å². The summed E-state index contributed by atoms with van der Waals surface area (Å²) in [6.07, 6.45) is 3.99. The molecular weight excluding hydrogens is 384 g/mol. The summed E-state index contributed by atoms with van der Waals surface area (Å²) in [5.41, 5.74) is 2.16. The van der Waals surface area contributed by atoms with Crippen LogP contribution in [0.1, 0.15) is 65.0 Å². The van der Waals surface area contributed by atoms with Crippen molar-refractivity contribution >= 4 is 5.69 Å².